The SMILES string of the molecule is Cc1ccc(C2(C)NC(=O)N(Cc3nnc(-c4ccccc4)o3)C2=O)cc1. The third-order valence-electron chi connectivity index (χ3n) is 4.68. The minimum Gasteiger partial charge on any atom is -0.419 e. The van der Waals surface area contributed by atoms with E-state index in [1.54, 1.807) is 6.92 Å². The number of aryl methyl sites for hydroxylation is 1. The van der Waals surface area contributed by atoms with Gasteiger partial charge in [-0.2, -0.15) is 0 Å². The van der Waals surface area contributed by atoms with E-state index < -0.39 is 11.6 Å². The Hall–Kier alpha value is -3.48. The lowest BCUT2D eigenvalue weighted by molar-refractivity contribution is -0.131. The van der Waals surface area contributed by atoms with Crippen LogP contribution in [0.5, 0.6) is 0 Å². The zero-order chi connectivity index (χ0) is 19.0. The number of carbonyl (C=O) groups excluding carboxylic acids is 2. The van der Waals surface area contributed by atoms with Crippen LogP contribution in [0.4, 0.5) is 4.79 Å². The van der Waals surface area contributed by atoms with Crippen molar-refractivity contribution in [3.8, 4) is 11.5 Å². The number of benzene rings is 2. The molecule has 0 aliphatic carbocycles. The minimum absolute atomic E-state index is 0.0774. The van der Waals surface area contributed by atoms with Crippen molar-refractivity contribution in [1.82, 2.24) is 20.4 Å². The topological polar surface area (TPSA) is 88.3 Å². The van der Waals surface area contributed by atoms with E-state index in [9.17, 15) is 9.59 Å². The molecule has 7 nitrogen and oxygen atoms in total. The van der Waals surface area contributed by atoms with Crippen LogP contribution >= 0.6 is 0 Å². The van der Waals surface area contributed by atoms with E-state index in [1.807, 2.05) is 61.5 Å². The number of urea groups is 1. The molecule has 1 aliphatic heterocycles. The molecule has 4 rings (SSSR count). The fourth-order valence-corrected chi connectivity index (χ4v) is 3.07. The van der Waals surface area contributed by atoms with Crippen LogP contribution in [0.15, 0.2) is 59.0 Å². The summed E-state index contributed by atoms with van der Waals surface area (Å²) in [6.45, 7) is 3.58. The van der Waals surface area contributed by atoms with Crippen LogP contribution < -0.4 is 5.32 Å². The van der Waals surface area contributed by atoms with Gasteiger partial charge in [0.2, 0.25) is 11.8 Å². The summed E-state index contributed by atoms with van der Waals surface area (Å²) in [5.74, 6) is 0.195. The standard InChI is InChI=1S/C20H18N4O3/c1-13-8-10-15(11-9-13)20(2)18(25)24(19(26)21-20)12-16-22-23-17(27-16)14-6-4-3-5-7-14/h3-11H,12H2,1-2H3,(H,21,26). The van der Waals surface area contributed by atoms with Gasteiger partial charge in [-0.15, -0.1) is 10.2 Å². The molecule has 0 saturated carbocycles. The summed E-state index contributed by atoms with van der Waals surface area (Å²) in [6, 6.07) is 16.3. The number of aromatic nitrogens is 2. The summed E-state index contributed by atoms with van der Waals surface area (Å²) in [7, 11) is 0. The molecule has 1 saturated heterocycles. The van der Waals surface area contributed by atoms with Gasteiger partial charge < -0.3 is 9.73 Å². The van der Waals surface area contributed by atoms with Gasteiger partial charge in [-0.1, -0.05) is 48.0 Å². The van der Waals surface area contributed by atoms with E-state index in [1.165, 1.54) is 0 Å². The molecule has 7 heteroatoms. The number of nitrogens with one attached hydrogen (secondary N) is 1. The number of hydrogen-bond donors (Lipinski definition) is 1. The van der Waals surface area contributed by atoms with Gasteiger partial charge in [-0.05, 0) is 31.5 Å². The Morgan fingerprint density at radius 3 is 2.44 bits per heavy atom. The van der Waals surface area contributed by atoms with E-state index in [0.717, 1.165) is 21.6 Å². The van der Waals surface area contributed by atoms with Crippen molar-refractivity contribution >= 4 is 11.9 Å². The molecule has 0 bridgehead atoms. The van der Waals surface area contributed by atoms with Crippen molar-refractivity contribution in [2.45, 2.75) is 25.9 Å². The van der Waals surface area contributed by atoms with E-state index >= 15 is 0 Å². The van der Waals surface area contributed by atoms with Crippen LogP contribution in [0.1, 0.15) is 23.9 Å². The molecule has 3 aromatic rings. The van der Waals surface area contributed by atoms with Crippen molar-refractivity contribution < 1.29 is 14.0 Å². The predicted octanol–water partition coefficient (Wildman–Crippen LogP) is 3.01. The van der Waals surface area contributed by atoms with Gasteiger partial charge in [0.1, 0.15) is 12.1 Å². The fraction of sp³-hybridized carbons (Fsp3) is 0.200. The highest BCUT2D eigenvalue weighted by Crippen LogP contribution is 2.30. The smallest absolute Gasteiger partial charge is 0.325 e. The molecule has 1 fully saturated rings. The molecule has 1 N–H and O–H groups in total. The third-order valence-corrected chi connectivity index (χ3v) is 4.68. The average Bonchev–Trinajstić information content (AvgIpc) is 3.22. The fourth-order valence-electron chi connectivity index (χ4n) is 3.07. The Labute approximate surface area is 156 Å². The Morgan fingerprint density at radius 2 is 1.74 bits per heavy atom. The highest BCUT2D eigenvalue weighted by Gasteiger charge is 2.49. The Morgan fingerprint density at radius 1 is 1.04 bits per heavy atom. The van der Waals surface area contributed by atoms with Gasteiger partial charge in [-0.3, -0.25) is 9.69 Å². The highest BCUT2D eigenvalue weighted by atomic mass is 16.4. The number of carbonyl (C=O) groups is 2. The molecule has 2 aromatic carbocycles. The van der Waals surface area contributed by atoms with Crippen LogP contribution in [0, 0.1) is 6.92 Å². The second kappa shape index (κ2) is 6.35. The maximum absolute atomic E-state index is 13.0. The molecule has 2 heterocycles. The molecule has 136 valence electrons. The molecule has 3 amide bonds. The first-order valence-corrected chi connectivity index (χ1v) is 8.56. The van der Waals surface area contributed by atoms with E-state index in [2.05, 4.69) is 15.5 Å². The van der Waals surface area contributed by atoms with Crippen LogP contribution in [-0.2, 0) is 16.9 Å². The van der Waals surface area contributed by atoms with Crippen molar-refractivity contribution in [2.24, 2.45) is 0 Å². The quantitative estimate of drug-likeness (QED) is 0.721. The molecule has 0 spiro atoms. The number of amides is 3. The molecule has 0 radical (unpaired) electrons. The number of imide groups is 1. The number of hydrogen-bond acceptors (Lipinski definition) is 5. The predicted molar refractivity (Wildman–Crippen MR) is 97.3 cm³/mol. The first-order valence-electron chi connectivity index (χ1n) is 8.56. The van der Waals surface area contributed by atoms with Crippen molar-refractivity contribution in [3.05, 3.63) is 71.6 Å². The van der Waals surface area contributed by atoms with Crippen molar-refractivity contribution in [2.75, 3.05) is 0 Å². The summed E-state index contributed by atoms with van der Waals surface area (Å²) in [5.41, 5.74) is 1.46. The molecule has 27 heavy (non-hydrogen) atoms. The molecule has 1 aliphatic rings. The lowest BCUT2D eigenvalue weighted by Gasteiger charge is -2.22. The van der Waals surface area contributed by atoms with E-state index in [0.29, 0.717) is 5.89 Å². The average molecular weight is 362 g/mol. The van der Waals surface area contributed by atoms with Crippen molar-refractivity contribution in [1.29, 1.82) is 0 Å². The molecule has 1 unspecified atom stereocenters. The summed E-state index contributed by atoms with van der Waals surface area (Å²) in [6.07, 6.45) is 0. The zero-order valence-corrected chi connectivity index (χ0v) is 15.0. The van der Waals surface area contributed by atoms with E-state index in [-0.39, 0.29) is 18.3 Å². The van der Waals surface area contributed by atoms with Crippen LogP contribution in [0.3, 0.4) is 0 Å². The van der Waals surface area contributed by atoms with Gasteiger partial charge in [0.05, 0.1) is 0 Å². The summed E-state index contributed by atoms with van der Waals surface area (Å²) < 4.78 is 5.62. The minimum atomic E-state index is -1.12. The Bertz CT molecular complexity index is 998. The van der Waals surface area contributed by atoms with Gasteiger partial charge in [-0.25, -0.2) is 4.79 Å². The number of rotatable bonds is 4. The Balaban J connectivity index is 1.56. The molecular weight excluding hydrogens is 344 g/mol. The maximum atomic E-state index is 13.0. The van der Waals surface area contributed by atoms with Crippen LogP contribution in [-0.4, -0.2) is 27.0 Å². The third kappa shape index (κ3) is 2.97. The van der Waals surface area contributed by atoms with Crippen LogP contribution in [0.25, 0.3) is 11.5 Å². The van der Waals surface area contributed by atoms with Gasteiger partial charge in [0.15, 0.2) is 0 Å². The van der Waals surface area contributed by atoms with Gasteiger partial charge >= 0.3 is 6.03 Å². The largest absolute Gasteiger partial charge is 0.419 e. The summed E-state index contributed by atoms with van der Waals surface area (Å²) in [4.78, 5) is 26.5. The Kier molecular flexibility index (Phi) is 3.99. The first kappa shape index (κ1) is 17.0. The van der Waals surface area contributed by atoms with Gasteiger partial charge in [0.25, 0.3) is 5.91 Å². The van der Waals surface area contributed by atoms with Gasteiger partial charge in [0, 0.05) is 5.56 Å². The summed E-state index contributed by atoms with van der Waals surface area (Å²) in [5, 5.41) is 10.7. The van der Waals surface area contributed by atoms with Crippen LogP contribution in [0.2, 0.25) is 0 Å². The molecule has 1 aromatic heterocycles. The molecule has 1 atom stereocenters. The first-order chi connectivity index (χ1) is 13.0. The molecular formula is C20H18N4O3. The maximum Gasteiger partial charge on any atom is 0.325 e. The van der Waals surface area contributed by atoms with Crippen molar-refractivity contribution in [3.63, 3.8) is 0 Å². The second-order valence-corrected chi connectivity index (χ2v) is 6.68. The normalized spacial score (nSPS) is 19.4. The summed E-state index contributed by atoms with van der Waals surface area (Å²) >= 11 is 0. The lowest BCUT2D eigenvalue weighted by Crippen LogP contribution is -2.40. The monoisotopic (exact) mass is 362 g/mol. The second-order valence-electron chi connectivity index (χ2n) is 6.68. The highest BCUT2D eigenvalue weighted by molar-refractivity contribution is 6.07. The van der Waals surface area contributed by atoms with E-state index in [4.69, 9.17) is 4.42 Å². The lowest BCUT2D eigenvalue weighted by atomic mass is 9.91. The zero-order valence-electron chi connectivity index (χ0n) is 15.0. The number of nitrogens with zero attached hydrogens (tertiary/aromatic N) is 3.